The lowest BCUT2D eigenvalue weighted by Crippen LogP contribution is -2.43. The van der Waals surface area contributed by atoms with Gasteiger partial charge >= 0.3 is 6.09 Å². The molecule has 32 heavy (non-hydrogen) atoms. The van der Waals surface area contributed by atoms with Gasteiger partial charge in [-0.3, -0.25) is 0 Å². The van der Waals surface area contributed by atoms with E-state index in [0.717, 1.165) is 5.56 Å². The van der Waals surface area contributed by atoms with Crippen molar-refractivity contribution in [3.63, 3.8) is 0 Å². The number of likely N-dealkylation sites (tertiary alicyclic amines) is 1. The number of benzene rings is 2. The molecule has 1 heterocycles. The van der Waals surface area contributed by atoms with Gasteiger partial charge in [0.2, 0.25) is 0 Å². The van der Waals surface area contributed by atoms with Crippen molar-refractivity contribution in [2.75, 3.05) is 13.1 Å². The molecular weight excluding hydrogens is 426 g/mol. The first kappa shape index (κ1) is 23.8. The summed E-state index contributed by atoms with van der Waals surface area (Å²) in [5.74, 6) is 0.00987. The number of nitrogens with zero attached hydrogens (tertiary/aromatic N) is 2. The number of carbonyl (C=O) groups excluding carboxylic acids is 1. The zero-order valence-corrected chi connectivity index (χ0v) is 19.9. The van der Waals surface area contributed by atoms with Crippen LogP contribution in [-0.4, -0.2) is 43.8 Å². The highest BCUT2D eigenvalue weighted by atomic mass is 32.2. The van der Waals surface area contributed by atoms with Gasteiger partial charge in [0.05, 0.1) is 10.6 Å². The Kier molecular flexibility index (Phi) is 7.23. The van der Waals surface area contributed by atoms with Crippen LogP contribution in [-0.2, 0) is 14.8 Å². The summed E-state index contributed by atoms with van der Waals surface area (Å²) < 4.78 is 31.2. The van der Waals surface area contributed by atoms with Crippen LogP contribution in [0.15, 0.2) is 64.6 Å². The summed E-state index contributed by atoms with van der Waals surface area (Å²) in [5.41, 5.74) is 1.64. The van der Waals surface area contributed by atoms with Gasteiger partial charge in [0.15, 0.2) is 0 Å². The maximum atomic E-state index is 12.9. The standard InChI is InChI=1S/C24H31N3O4S/c1-18-10-8-9-13-21(18)32(29,30)26-25-22(19-11-6-5-7-12-19)20-14-16-27(17-15-20)23(28)31-24(2,3)4/h5-13,20,26H,14-17H2,1-4H3. The average Bonchev–Trinajstić information content (AvgIpc) is 2.74. The zero-order valence-electron chi connectivity index (χ0n) is 19.0. The molecule has 0 spiro atoms. The average molecular weight is 458 g/mol. The van der Waals surface area contributed by atoms with Crippen molar-refractivity contribution in [1.29, 1.82) is 0 Å². The summed E-state index contributed by atoms with van der Waals surface area (Å²) >= 11 is 0. The van der Waals surface area contributed by atoms with Gasteiger partial charge in [-0.05, 0) is 57.7 Å². The third-order valence-electron chi connectivity index (χ3n) is 5.27. The van der Waals surface area contributed by atoms with E-state index in [-0.39, 0.29) is 16.9 Å². The number of sulfonamides is 1. The number of hydrogen-bond donors (Lipinski definition) is 1. The largest absolute Gasteiger partial charge is 0.444 e. The van der Waals surface area contributed by atoms with E-state index in [1.807, 2.05) is 51.1 Å². The van der Waals surface area contributed by atoms with Crippen LogP contribution >= 0.6 is 0 Å². The number of amides is 1. The normalized spacial score (nSPS) is 16.0. The molecule has 0 bridgehead atoms. The minimum atomic E-state index is -3.80. The van der Waals surface area contributed by atoms with Gasteiger partial charge in [-0.25, -0.2) is 4.79 Å². The number of hydrogen-bond acceptors (Lipinski definition) is 5. The zero-order chi connectivity index (χ0) is 23.4. The molecular formula is C24H31N3O4S. The number of piperidine rings is 1. The topological polar surface area (TPSA) is 88.1 Å². The van der Waals surface area contributed by atoms with Crippen molar-refractivity contribution in [3.05, 3.63) is 65.7 Å². The summed E-state index contributed by atoms with van der Waals surface area (Å²) in [6, 6.07) is 16.3. The molecule has 0 unspecified atom stereocenters. The predicted molar refractivity (Wildman–Crippen MR) is 125 cm³/mol. The fraction of sp³-hybridized carbons (Fsp3) is 0.417. The smallest absolute Gasteiger partial charge is 0.410 e. The maximum absolute atomic E-state index is 12.9. The molecule has 0 aliphatic carbocycles. The van der Waals surface area contributed by atoms with E-state index < -0.39 is 15.6 Å². The minimum Gasteiger partial charge on any atom is -0.444 e. The lowest BCUT2D eigenvalue weighted by molar-refractivity contribution is 0.0202. The van der Waals surface area contributed by atoms with E-state index >= 15 is 0 Å². The van der Waals surface area contributed by atoms with Gasteiger partial charge in [-0.2, -0.15) is 18.4 Å². The lowest BCUT2D eigenvalue weighted by Gasteiger charge is -2.34. The highest BCUT2D eigenvalue weighted by Crippen LogP contribution is 2.24. The summed E-state index contributed by atoms with van der Waals surface area (Å²) in [7, 11) is -3.80. The molecule has 8 heteroatoms. The van der Waals surface area contributed by atoms with Crippen LogP contribution in [0.25, 0.3) is 0 Å². The van der Waals surface area contributed by atoms with Crippen LogP contribution in [0.1, 0.15) is 44.7 Å². The van der Waals surface area contributed by atoms with Gasteiger partial charge in [0.1, 0.15) is 5.60 Å². The molecule has 2 aromatic rings. The van der Waals surface area contributed by atoms with Gasteiger partial charge < -0.3 is 9.64 Å². The van der Waals surface area contributed by atoms with Crippen LogP contribution in [0.5, 0.6) is 0 Å². The number of carbonyl (C=O) groups is 1. The van der Waals surface area contributed by atoms with Crippen molar-refractivity contribution in [3.8, 4) is 0 Å². The summed E-state index contributed by atoms with van der Waals surface area (Å²) in [5, 5.41) is 4.38. The first-order valence-electron chi connectivity index (χ1n) is 10.8. The molecule has 0 saturated carbocycles. The first-order chi connectivity index (χ1) is 15.1. The molecule has 1 fully saturated rings. The second kappa shape index (κ2) is 9.73. The van der Waals surface area contributed by atoms with E-state index in [2.05, 4.69) is 9.93 Å². The molecule has 1 N–H and O–H groups in total. The number of rotatable bonds is 5. The van der Waals surface area contributed by atoms with Crippen LogP contribution in [0.2, 0.25) is 0 Å². The Morgan fingerprint density at radius 1 is 1.03 bits per heavy atom. The van der Waals surface area contributed by atoms with Crippen LogP contribution < -0.4 is 4.83 Å². The molecule has 1 aliphatic rings. The molecule has 1 saturated heterocycles. The summed E-state index contributed by atoms with van der Waals surface area (Å²) in [4.78, 5) is 16.7. The van der Waals surface area contributed by atoms with E-state index in [1.54, 1.807) is 36.1 Å². The summed E-state index contributed by atoms with van der Waals surface area (Å²) in [6.07, 6.45) is 1.01. The van der Waals surface area contributed by atoms with Crippen molar-refractivity contribution >= 4 is 21.8 Å². The fourth-order valence-electron chi connectivity index (χ4n) is 3.68. The Labute approximate surface area is 190 Å². The molecule has 172 valence electrons. The van der Waals surface area contributed by atoms with Crippen LogP contribution in [0, 0.1) is 12.8 Å². The Morgan fingerprint density at radius 2 is 1.62 bits per heavy atom. The molecule has 7 nitrogen and oxygen atoms in total. The monoisotopic (exact) mass is 457 g/mol. The molecule has 1 aliphatic heterocycles. The number of nitrogens with one attached hydrogen (secondary N) is 1. The maximum Gasteiger partial charge on any atom is 0.410 e. The fourth-order valence-corrected chi connectivity index (χ4v) is 4.75. The Hall–Kier alpha value is -2.87. The number of aryl methyl sites for hydroxylation is 1. The second-order valence-corrected chi connectivity index (χ2v) is 10.6. The molecule has 0 atom stereocenters. The predicted octanol–water partition coefficient (Wildman–Crippen LogP) is 4.32. The highest BCUT2D eigenvalue weighted by molar-refractivity contribution is 7.89. The second-order valence-electron chi connectivity index (χ2n) is 8.96. The van der Waals surface area contributed by atoms with E-state index in [0.29, 0.717) is 37.2 Å². The highest BCUT2D eigenvalue weighted by Gasteiger charge is 2.30. The van der Waals surface area contributed by atoms with Crippen LogP contribution in [0.3, 0.4) is 0 Å². The van der Waals surface area contributed by atoms with E-state index in [9.17, 15) is 13.2 Å². The van der Waals surface area contributed by atoms with Gasteiger partial charge in [-0.15, -0.1) is 0 Å². The van der Waals surface area contributed by atoms with E-state index in [4.69, 9.17) is 4.74 Å². The molecule has 3 rings (SSSR count). The molecule has 1 amide bonds. The van der Waals surface area contributed by atoms with Crippen molar-refractivity contribution in [2.45, 2.75) is 51.0 Å². The van der Waals surface area contributed by atoms with Gasteiger partial charge in [-0.1, -0.05) is 48.5 Å². The molecule has 2 aromatic carbocycles. The lowest BCUT2D eigenvalue weighted by atomic mass is 9.88. The first-order valence-corrected chi connectivity index (χ1v) is 12.2. The van der Waals surface area contributed by atoms with Crippen molar-refractivity contribution in [1.82, 2.24) is 9.73 Å². The molecule has 0 aromatic heterocycles. The van der Waals surface area contributed by atoms with Crippen molar-refractivity contribution in [2.24, 2.45) is 11.0 Å². The van der Waals surface area contributed by atoms with Crippen LogP contribution in [0.4, 0.5) is 4.79 Å². The van der Waals surface area contributed by atoms with Gasteiger partial charge in [0.25, 0.3) is 10.0 Å². The van der Waals surface area contributed by atoms with Gasteiger partial charge in [0, 0.05) is 19.0 Å². The quantitative estimate of drug-likeness (QED) is 0.535. The van der Waals surface area contributed by atoms with Crippen molar-refractivity contribution < 1.29 is 17.9 Å². The summed E-state index contributed by atoms with van der Waals surface area (Å²) in [6.45, 7) is 8.34. The van der Waals surface area contributed by atoms with E-state index in [1.165, 1.54) is 0 Å². The Morgan fingerprint density at radius 3 is 2.22 bits per heavy atom. The number of hydrazone groups is 1. The Bertz CT molecular complexity index is 1070. The SMILES string of the molecule is Cc1ccccc1S(=O)(=O)NN=C(c1ccccc1)C1CCN(C(=O)OC(C)(C)C)CC1. The third kappa shape index (κ3) is 6.09. The number of ether oxygens (including phenoxy) is 1. The minimum absolute atomic E-state index is 0.00987. The third-order valence-corrected chi connectivity index (χ3v) is 6.64. The Balaban J connectivity index is 1.80. The molecule has 0 radical (unpaired) electrons.